The van der Waals surface area contributed by atoms with Crippen molar-refractivity contribution in [3.63, 3.8) is 0 Å². The molecule has 1 saturated heterocycles. The molecular weight excluding hydrogens is 292 g/mol. The van der Waals surface area contributed by atoms with Gasteiger partial charge in [-0.2, -0.15) is 10.2 Å². The van der Waals surface area contributed by atoms with Gasteiger partial charge in [0.1, 0.15) is 5.69 Å². The molecule has 7 heteroatoms. The van der Waals surface area contributed by atoms with Gasteiger partial charge < -0.3 is 4.90 Å². The van der Waals surface area contributed by atoms with E-state index in [0.29, 0.717) is 5.69 Å². The summed E-state index contributed by atoms with van der Waals surface area (Å²) in [4.78, 5) is 19.4. The van der Waals surface area contributed by atoms with Gasteiger partial charge in [-0.1, -0.05) is 0 Å². The summed E-state index contributed by atoms with van der Waals surface area (Å²) in [5.74, 6) is -0.0329. The molecule has 1 atom stereocenters. The maximum Gasteiger partial charge on any atom is 0.273 e. The van der Waals surface area contributed by atoms with Gasteiger partial charge in [0.15, 0.2) is 5.65 Å². The van der Waals surface area contributed by atoms with Crippen molar-refractivity contribution in [3.05, 3.63) is 41.5 Å². The molecule has 7 nitrogen and oxygen atoms in total. The first-order valence-electron chi connectivity index (χ1n) is 7.75. The topological polar surface area (TPSA) is 79.7 Å². The maximum absolute atomic E-state index is 12.9. The van der Waals surface area contributed by atoms with Crippen LogP contribution < -0.4 is 0 Å². The zero-order valence-electron chi connectivity index (χ0n) is 13.2. The molecule has 1 amide bonds. The lowest BCUT2D eigenvalue weighted by molar-refractivity contribution is 0.0730. The molecule has 4 heterocycles. The Bertz CT molecular complexity index is 866. The summed E-state index contributed by atoms with van der Waals surface area (Å²) >= 11 is 0. The fraction of sp³-hybridized carbons (Fsp3) is 0.375. The summed E-state index contributed by atoms with van der Waals surface area (Å²) in [5, 5.41) is 12.2. The fourth-order valence-electron chi connectivity index (χ4n) is 3.37. The lowest BCUT2D eigenvalue weighted by Crippen LogP contribution is -2.31. The van der Waals surface area contributed by atoms with Gasteiger partial charge in [0.25, 0.3) is 5.91 Å². The van der Waals surface area contributed by atoms with E-state index in [1.54, 1.807) is 16.9 Å². The van der Waals surface area contributed by atoms with Crippen molar-refractivity contribution in [2.24, 2.45) is 7.05 Å². The van der Waals surface area contributed by atoms with Gasteiger partial charge >= 0.3 is 0 Å². The monoisotopic (exact) mass is 310 g/mol. The highest BCUT2D eigenvalue weighted by atomic mass is 16.2. The first-order chi connectivity index (χ1) is 11.1. The van der Waals surface area contributed by atoms with Gasteiger partial charge in [-0.3, -0.25) is 14.6 Å². The van der Waals surface area contributed by atoms with Gasteiger partial charge in [-0.25, -0.2) is 4.98 Å². The lowest BCUT2D eigenvalue weighted by atomic mass is 10.1. The number of carbonyl (C=O) groups excluding carboxylic acids is 1. The molecule has 118 valence electrons. The summed E-state index contributed by atoms with van der Waals surface area (Å²) in [6, 6.07) is 3.80. The van der Waals surface area contributed by atoms with Gasteiger partial charge in [0.05, 0.1) is 17.9 Å². The maximum atomic E-state index is 12.9. The van der Waals surface area contributed by atoms with E-state index in [0.717, 1.165) is 41.7 Å². The predicted octanol–water partition coefficient (Wildman–Crippen LogP) is 1.98. The molecule has 3 aromatic rings. The number of rotatable bonds is 2. The third-order valence-corrected chi connectivity index (χ3v) is 4.51. The highest BCUT2D eigenvalue weighted by Gasteiger charge is 2.32. The van der Waals surface area contributed by atoms with Crippen LogP contribution in [-0.4, -0.2) is 42.3 Å². The minimum atomic E-state index is -0.0329. The first-order valence-corrected chi connectivity index (χ1v) is 7.75. The second-order valence-electron chi connectivity index (χ2n) is 5.96. The normalized spacial score (nSPS) is 18.0. The van der Waals surface area contributed by atoms with Crippen LogP contribution in [0.4, 0.5) is 0 Å². The summed E-state index contributed by atoms with van der Waals surface area (Å²) in [7, 11) is 1.85. The van der Waals surface area contributed by atoms with Crippen molar-refractivity contribution in [3.8, 4) is 0 Å². The quantitative estimate of drug-likeness (QED) is 0.785. The van der Waals surface area contributed by atoms with Gasteiger partial charge in [-0.05, 0) is 31.9 Å². The van der Waals surface area contributed by atoms with Crippen molar-refractivity contribution in [2.75, 3.05) is 6.54 Å². The number of carbonyl (C=O) groups is 1. The number of aromatic nitrogens is 5. The van der Waals surface area contributed by atoms with Gasteiger partial charge in [-0.15, -0.1) is 0 Å². The van der Waals surface area contributed by atoms with Crippen LogP contribution in [0.25, 0.3) is 11.0 Å². The Balaban J connectivity index is 1.70. The molecule has 0 saturated carbocycles. The molecular formula is C16H18N6O. The first kappa shape index (κ1) is 13.9. The van der Waals surface area contributed by atoms with E-state index in [1.165, 1.54) is 0 Å². The van der Waals surface area contributed by atoms with Crippen LogP contribution in [0.3, 0.4) is 0 Å². The van der Waals surface area contributed by atoms with E-state index in [1.807, 2.05) is 31.1 Å². The Morgan fingerprint density at radius 1 is 1.39 bits per heavy atom. The average Bonchev–Trinajstić information content (AvgIpc) is 3.27. The fourth-order valence-corrected chi connectivity index (χ4v) is 3.37. The van der Waals surface area contributed by atoms with Crippen LogP contribution in [0.2, 0.25) is 0 Å². The molecule has 1 fully saturated rings. The van der Waals surface area contributed by atoms with E-state index in [2.05, 4.69) is 20.3 Å². The number of aromatic amines is 1. The van der Waals surface area contributed by atoms with Gasteiger partial charge in [0.2, 0.25) is 0 Å². The zero-order valence-corrected chi connectivity index (χ0v) is 13.2. The van der Waals surface area contributed by atoms with Crippen LogP contribution in [0.1, 0.15) is 40.6 Å². The van der Waals surface area contributed by atoms with Gasteiger partial charge in [0, 0.05) is 30.7 Å². The van der Waals surface area contributed by atoms with Crippen LogP contribution in [-0.2, 0) is 7.05 Å². The van der Waals surface area contributed by atoms with Crippen molar-refractivity contribution < 1.29 is 4.79 Å². The standard InChI is InChI=1S/C16H18N6O/c1-10-12-5-6-13(19-15(12)21(2)20-10)16(23)22-7-3-4-14(22)11-8-17-18-9-11/h5-6,8-9,14H,3-4,7H2,1-2H3,(H,17,18). The molecule has 1 aliphatic rings. The third kappa shape index (κ3) is 2.19. The van der Waals surface area contributed by atoms with E-state index < -0.39 is 0 Å². The summed E-state index contributed by atoms with van der Waals surface area (Å²) in [6.45, 7) is 2.69. The molecule has 0 bridgehead atoms. The SMILES string of the molecule is Cc1nn(C)c2nc(C(=O)N3CCCC3c3cn[nH]c3)ccc12. The highest BCUT2D eigenvalue weighted by molar-refractivity contribution is 5.95. The van der Waals surface area contributed by atoms with E-state index in [4.69, 9.17) is 0 Å². The molecule has 0 aliphatic carbocycles. The minimum Gasteiger partial charge on any atom is -0.330 e. The number of amides is 1. The highest BCUT2D eigenvalue weighted by Crippen LogP contribution is 2.32. The van der Waals surface area contributed by atoms with Crippen molar-refractivity contribution >= 4 is 16.9 Å². The van der Waals surface area contributed by atoms with E-state index in [-0.39, 0.29) is 11.9 Å². The van der Waals surface area contributed by atoms with Crippen molar-refractivity contribution in [2.45, 2.75) is 25.8 Å². The largest absolute Gasteiger partial charge is 0.330 e. The van der Waals surface area contributed by atoms with Crippen LogP contribution >= 0.6 is 0 Å². The van der Waals surface area contributed by atoms with E-state index in [9.17, 15) is 4.79 Å². The molecule has 3 aromatic heterocycles. The van der Waals surface area contributed by atoms with Crippen LogP contribution in [0.15, 0.2) is 24.5 Å². The molecule has 1 unspecified atom stereocenters. The second-order valence-corrected chi connectivity index (χ2v) is 5.96. The number of likely N-dealkylation sites (tertiary alicyclic amines) is 1. The smallest absolute Gasteiger partial charge is 0.273 e. The second kappa shape index (κ2) is 5.19. The Morgan fingerprint density at radius 3 is 3.04 bits per heavy atom. The molecule has 1 aliphatic heterocycles. The average molecular weight is 310 g/mol. The molecule has 1 N–H and O–H groups in total. The number of H-pyrrole nitrogens is 1. The Morgan fingerprint density at radius 2 is 2.26 bits per heavy atom. The number of nitrogens with one attached hydrogen (secondary N) is 1. The molecule has 0 aromatic carbocycles. The summed E-state index contributed by atoms with van der Waals surface area (Å²) in [5.41, 5.74) is 3.18. The van der Waals surface area contributed by atoms with Crippen LogP contribution in [0.5, 0.6) is 0 Å². The molecule has 4 rings (SSSR count). The molecule has 23 heavy (non-hydrogen) atoms. The van der Waals surface area contributed by atoms with E-state index >= 15 is 0 Å². The van der Waals surface area contributed by atoms with Crippen molar-refractivity contribution in [1.82, 2.24) is 29.9 Å². The Kier molecular flexibility index (Phi) is 3.14. The number of nitrogens with zero attached hydrogens (tertiary/aromatic N) is 5. The summed E-state index contributed by atoms with van der Waals surface area (Å²) < 4.78 is 1.72. The number of fused-ring (bicyclic) bond motifs is 1. The number of aryl methyl sites for hydroxylation is 2. The molecule has 0 radical (unpaired) electrons. The predicted molar refractivity (Wildman–Crippen MR) is 84.8 cm³/mol. The molecule has 0 spiro atoms. The minimum absolute atomic E-state index is 0.0329. The lowest BCUT2D eigenvalue weighted by Gasteiger charge is -2.23. The van der Waals surface area contributed by atoms with Crippen LogP contribution in [0, 0.1) is 6.92 Å². The number of pyridine rings is 1. The van der Waals surface area contributed by atoms with Crippen molar-refractivity contribution in [1.29, 1.82) is 0 Å². The Hall–Kier alpha value is -2.70. The number of hydrogen-bond acceptors (Lipinski definition) is 4. The zero-order chi connectivity index (χ0) is 16.0. The third-order valence-electron chi connectivity index (χ3n) is 4.51. The Labute approximate surface area is 133 Å². The summed E-state index contributed by atoms with van der Waals surface area (Å²) in [6.07, 6.45) is 5.60. The number of hydrogen-bond donors (Lipinski definition) is 1.